The van der Waals surface area contributed by atoms with E-state index in [0.29, 0.717) is 12.2 Å². The molecule has 0 unspecified atom stereocenters. The van der Waals surface area contributed by atoms with Gasteiger partial charge < -0.3 is 5.32 Å². The van der Waals surface area contributed by atoms with Crippen LogP contribution in [0.15, 0.2) is 42.7 Å². The lowest BCUT2D eigenvalue weighted by atomic mass is 10.1. The summed E-state index contributed by atoms with van der Waals surface area (Å²) in [6.45, 7) is 0.579. The van der Waals surface area contributed by atoms with E-state index < -0.39 is 0 Å². The standard InChI is InChI=1S/C13H12N4O/c14-7-6-13(18)16-12-5-2-1-4-11(12)10-17-9-3-8-15-17/h1-5,8-9H,6,10H2,(H,16,18). The molecule has 0 saturated heterocycles. The van der Waals surface area contributed by atoms with Crippen LogP contribution in [0.5, 0.6) is 0 Å². The van der Waals surface area contributed by atoms with Crippen LogP contribution in [-0.2, 0) is 11.3 Å². The second-order valence-corrected chi connectivity index (χ2v) is 3.74. The number of hydrogen-bond acceptors (Lipinski definition) is 3. The van der Waals surface area contributed by atoms with E-state index in [4.69, 9.17) is 5.26 Å². The van der Waals surface area contributed by atoms with E-state index in [1.54, 1.807) is 10.9 Å². The van der Waals surface area contributed by atoms with Gasteiger partial charge in [0, 0.05) is 18.1 Å². The Morgan fingerprint density at radius 2 is 2.22 bits per heavy atom. The van der Waals surface area contributed by atoms with Crippen LogP contribution in [0.25, 0.3) is 0 Å². The van der Waals surface area contributed by atoms with Crippen molar-refractivity contribution in [2.45, 2.75) is 13.0 Å². The van der Waals surface area contributed by atoms with Crippen LogP contribution in [0.2, 0.25) is 0 Å². The summed E-state index contributed by atoms with van der Waals surface area (Å²) in [5.41, 5.74) is 1.67. The Balaban J connectivity index is 2.15. The van der Waals surface area contributed by atoms with Crippen LogP contribution in [0, 0.1) is 11.3 Å². The van der Waals surface area contributed by atoms with E-state index in [1.165, 1.54) is 0 Å². The van der Waals surface area contributed by atoms with Gasteiger partial charge in [0.15, 0.2) is 0 Å². The van der Waals surface area contributed by atoms with Gasteiger partial charge >= 0.3 is 0 Å². The minimum Gasteiger partial charge on any atom is -0.325 e. The number of carbonyl (C=O) groups is 1. The van der Waals surface area contributed by atoms with Gasteiger partial charge in [-0.25, -0.2) is 0 Å². The molecule has 0 fully saturated rings. The van der Waals surface area contributed by atoms with Crippen molar-refractivity contribution >= 4 is 11.6 Å². The average molecular weight is 240 g/mol. The molecule has 0 radical (unpaired) electrons. The van der Waals surface area contributed by atoms with Crippen molar-refractivity contribution in [1.29, 1.82) is 5.26 Å². The zero-order valence-corrected chi connectivity index (χ0v) is 9.71. The van der Waals surface area contributed by atoms with E-state index in [9.17, 15) is 4.79 Å². The van der Waals surface area contributed by atoms with E-state index in [0.717, 1.165) is 5.56 Å². The third kappa shape index (κ3) is 2.95. The molecule has 18 heavy (non-hydrogen) atoms. The largest absolute Gasteiger partial charge is 0.325 e. The van der Waals surface area contributed by atoms with Crippen LogP contribution in [0.4, 0.5) is 5.69 Å². The minimum atomic E-state index is -0.301. The Hall–Kier alpha value is -2.61. The summed E-state index contributed by atoms with van der Waals surface area (Å²) in [5.74, 6) is -0.301. The van der Waals surface area contributed by atoms with E-state index in [-0.39, 0.29) is 12.3 Å². The molecule has 0 aliphatic carbocycles. The highest BCUT2D eigenvalue weighted by atomic mass is 16.1. The number of aromatic nitrogens is 2. The molecule has 1 aromatic heterocycles. The first kappa shape index (κ1) is 11.9. The highest BCUT2D eigenvalue weighted by molar-refractivity contribution is 5.92. The second kappa shape index (κ2) is 5.64. The van der Waals surface area contributed by atoms with Crippen molar-refractivity contribution in [3.8, 4) is 6.07 Å². The molecule has 5 nitrogen and oxygen atoms in total. The predicted molar refractivity (Wildman–Crippen MR) is 66.6 cm³/mol. The zero-order valence-electron chi connectivity index (χ0n) is 9.71. The number of nitrogens with one attached hydrogen (secondary N) is 1. The highest BCUT2D eigenvalue weighted by Crippen LogP contribution is 2.16. The van der Waals surface area contributed by atoms with Crippen molar-refractivity contribution in [2.24, 2.45) is 0 Å². The van der Waals surface area contributed by atoms with Gasteiger partial charge in [-0.15, -0.1) is 0 Å². The third-order valence-electron chi connectivity index (χ3n) is 2.42. The molecule has 0 spiro atoms. The summed E-state index contributed by atoms with van der Waals surface area (Å²) >= 11 is 0. The number of carbonyl (C=O) groups excluding carboxylic acids is 1. The lowest BCUT2D eigenvalue weighted by molar-refractivity contribution is -0.115. The van der Waals surface area contributed by atoms with E-state index in [2.05, 4.69) is 10.4 Å². The molecule has 2 rings (SSSR count). The number of hydrogen-bond donors (Lipinski definition) is 1. The fourth-order valence-corrected chi connectivity index (χ4v) is 1.61. The number of nitrogens with zero attached hydrogens (tertiary/aromatic N) is 3. The van der Waals surface area contributed by atoms with Crippen LogP contribution in [-0.4, -0.2) is 15.7 Å². The maximum Gasteiger partial charge on any atom is 0.238 e. The predicted octanol–water partition coefficient (Wildman–Crippen LogP) is 1.78. The quantitative estimate of drug-likeness (QED) is 0.885. The van der Waals surface area contributed by atoms with Crippen molar-refractivity contribution in [1.82, 2.24) is 9.78 Å². The van der Waals surface area contributed by atoms with Crippen molar-refractivity contribution in [3.05, 3.63) is 48.3 Å². The fourth-order valence-electron chi connectivity index (χ4n) is 1.61. The van der Waals surface area contributed by atoms with Crippen LogP contribution >= 0.6 is 0 Å². The zero-order chi connectivity index (χ0) is 12.8. The monoisotopic (exact) mass is 240 g/mol. The van der Waals surface area contributed by atoms with Crippen LogP contribution < -0.4 is 5.32 Å². The normalized spacial score (nSPS) is 9.72. The summed E-state index contributed by atoms with van der Waals surface area (Å²) in [5, 5.41) is 15.3. The molecule has 0 bridgehead atoms. The lowest BCUT2D eigenvalue weighted by Crippen LogP contribution is -2.13. The lowest BCUT2D eigenvalue weighted by Gasteiger charge is -2.10. The van der Waals surface area contributed by atoms with Gasteiger partial charge in [-0.2, -0.15) is 10.4 Å². The second-order valence-electron chi connectivity index (χ2n) is 3.74. The fraction of sp³-hybridized carbons (Fsp3) is 0.154. The van der Waals surface area contributed by atoms with Gasteiger partial charge in [-0.05, 0) is 17.7 Å². The summed E-state index contributed by atoms with van der Waals surface area (Å²) in [6.07, 6.45) is 3.42. The number of rotatable bonds is 4. The topological polar surface area (TPSA) is 70.7 Å². The maximum absolute atomic E-state index is 11.4. The maximum atomic E-state index is 11.4. The van der Waals surface area contributed by atoms with E-state index in [1.807, 2.05) is 42.6 Å². The van der Waals surface area contributed by atoms with Gasteiger partial charge in [0.2, 0.25) is 5.91 Å². The van der Waals surface area contributed by atoms with E-state index >= 15 is 0 Å². The SMILES string of the molecule is N#CCC(=O)Nc1ccccc1Cn1cccn1. The molecule has 1 amide bonds. The van der Waals surface area contributed by atoms with Gasteiger partial charge in [0.1, 0.15) is 6.42 Å². The Morgan fingerprint density at radius 1 is 1.39 bits per heavy atom. The van der Waals surface area contributed by atoms with Crippen molar-refractivity contribution < 1.29 is 4.79 Å². The molecule has 90 valence electrons. The number of anilines is 1. The summed E-state index contributed by atoms with van der Waals surface area (Å²) in [7, 11) is 0. The molecule has 5 heteroatoms. The molecule has 0 saturated carbocycles. The van der Waals surface area contributed by atoms with Crippen LogP contribution in [0.3, 0.4) is 0 Å². The first-order valence-electron chi connectivity index (χ1n) is 5.52. The Labute approximate surface area is 105 Å². The molecule has 2 aromatic rings. The number of benzene rings is 1. The Kier molecular flexibility index (Phi) is 3.72. The Bertz CT molecular complexity index is 569. The smallest absolute Gasteiger partial charge is 0.238 e. The highest BCUT2D eigenvalue weighted by Gasteiger charge is 2.06. The number of nitriles is 1. The molecule has 1 heterocycles. The van der Waals surface area contributed by atoms with Gasteiger partial charge in [-0.1, -0.05) is 18.2 Å². The first-order valence-corrected chi connectivity index (χ1v) is 5.52. The number of para-hydroxylation sites is 1. The average Bonchev–Trinajstić information content (AvgIpc) is 2.85. The molecule has 1 N–H and O–H groups in total. The molecule has 1 aromatic carbocycles. The van der Waals surface area contributed by atoms with Gasteiger partial charge in [0.25, 0.3) is 0 Å². The van der Waals surface area contributed by atoms with Gasteiger partial charge in [-0.3, -0.25) is 9.48 Å². The van der Waals surface area contributed by atoms with Crippen molar-refractivity contribution in [2.75, 3.05) is 5.32 Å². The summed E-state index contributed by atoms with van der Waals surface area (Å²) < 4.78 is 1.77. The van der Waals surface area contributed by atoms with Crippen molar-refractivity contribution in [3.63, 3.8) is 0 Å². The van der Waals surface area contributed by atoms with Crippen LogP contribution in [0.1, 0.15) is 12.0 Å². The number of amides is 1. The van der Waals surface area contributed by atoms with Gasteiger partial charge in [0.05, 0.1) is 12.6 Å². The Morgan fingerprint density at radius 3 is 2.94 bits per heavy atom. The minimum absolute atomic E-state index is 0.143. The molecule has 0 aliphatic rings. The molecule has 0 atom stereocenters. The summed E-state index contributed by atoms with van der Waals surface area (Å²) in [4.78, 5) is 11.4. The first-order chi connectivity index (χ1) is 8.79. The third-order valence-corrected chi connectivity index (χ3v) is 2.42. The molecule has 0 aliphatic heterocycles. The molecular weight excluding hydrogens is 228 g/mol. The summed E-state index contributed by atoms with van der Waals surface area (Å²) in [6, 6.07) is 11.1. The molecular formula is C13H12N4O.